The minimum Gasteiger partial charge on any atom is -0.338 e. The number of halogens is 1. The number of hydrogen-bond acceptors (Lipinski definition) is 4. The normalized spacial score (nSPS) is 17.9. The van der Waals surface area contributed by atoms with Crippen LogP contribution in [0.15, 0.2) is 30.5 Å². The lowest BCUT2D eigenvalue weighted by atomic mass is 10.1. The summed E-state index contributed by atoms with van der Waals surface area (Å²) in [4.78, 5) is 19.2. The summed E-state index contributed by atoms with van der Waals surface area (Å²) < 4.78 is 13.8. The van der Waals surface area contributed by atoms with Gasteiger partial charge in [-0.3, -0.25) is 4.79 Å². The Labute approximate surface area is 133 Å². The van der Waals surface area contributed by atoms with Crippen molar-refractivity contribution in [1.82, 2.24) is 15.2 Å². The average Bonchev–Trinajstić information content (AvgIpc) is 3.17. The Morgan fingerprint density at radius 3 is 3.09 bits per heavy atom. The van der Waals surface area contributed by atoms with Crippen LogP contribution in [0.4, 0.5) is 4.39 Å². The Morgan fingerprint density at radius 2 is 2.32 bits per heavy atom. The van der Waals surface area contributed by atoms with Crippen molar-refractivity contribution in [3.63, 3.8) is 0 Å². The number of carbonyl (C=O) groups excluding carboxylic acids is 1. The number of nitrogens with one attached hydrogen (secondary N) is 1. The molecule has 1 N–H and O–H groups in total. The Balaban J connectivity index is 1.74. The maximum atomic E-state index is 13.8. The fourth-order valence-corrected chi connectivity index (χ4v) is 3.67. The first-order chi connectivity index (χ1) is 10.7. The van der Waals surface area contributed by atoms with Gasteiger partial charge in [-0.15, -0.1) is 11.3 Å². The van der Waals surface area contributed by atoms with Crippen molar-refractivity contribution in [1.29, 1.82) is 0 Å². The minimum atomic E-state index is -0.314. The van der Waals surface area contributed by atoms with Gasteiger partial charge in [0.2, 0.25) is 0 Å². The molecule has 1 atom stereocenters. The van der Waals surface area contributed by atoms with Crippen molar-refractivity contribution in [2.45, 2.75) is 6.42 Å². The Bertz CT molecular complexity index is 673. The van der Waals surface area contributed by atoms with Gasteiger partial charge in [0.15, 0.2) is 0 Å². The highest BCUT2D eigenvalue weighted by molar-refractivity contribution is 7.16. The largest absolute Gasteiger partial charge is 0.338 e. The number of likely N-dealkylation sites (tertiary alicyclic amines) is 1. The molecule has 0 aliphatic carbocycles. The molecule has 3 rings (SSSR count). The van der Waals surface area contributed by atoms with Crippen LogP contribution in [0.2, 0.25) is 0 Å². The van der Waals surface area contributed by atoms with E-state index in [1.807, 2.05) is 11.9 Å². The molecule has 22 heavy (non-hydrogen) atoms. The fourth-order valence-electron chi connectivity index (χ4n) is 2.76. The molecular weight excluding hydrogens is 301 g/mol. The molecule has 0 unspecified atom stereocenters. The van der Waals surface area contributed by atoms with E-state index in [0.29, 0.717) is 21.4 Å². The van der Waals surface area contributed by atoms with Gasteiger partial charge in [0, 0.05) is 18.7 Å². The highest BCUT2D eigenvalue weighted by Gasteiger charge is 2.27. The van der Waals surface area contributed by atoms with Crippen LogP contribution >= 0.6 is 11.3 Å². The summed E-state index contributed by atoms with van der Waals surface area (Å²) in [6, 6.07) is 6.50. The molecule has 1 aromatic heterocycles. The molecule has 2 heterocycles. The number of rotatable bonds is 4. The van der Waals surface area contributed by atoms with Crippen molar-refractivity contribution < 1.29 is 9.18 Å². The van der Waals surface area contributed by atoms with Gasteiger partial charge in [0.1, 0.15) is 15.7 Å². The number of benzene rings is 1. The maximum Gasteiger partial charge on any atom is 0.265 e. The number of nitrogens with zero attached hydrogens (tertiary/aromatic N) is 2. The van der Waals surface area contributed by atoms with E-state index in [1.54, 1.807) is 24.4 Å². The molecule has 2 aromatic rings. The summed E-state index contributed by atoms with van der Waals surface area (Å²) in [7, 11) is 1.92. The van der Waals surface area contributed by atoms with Gasteiger partial charge in [-0.2, -0.15) is 0 Å². The van der Waals surface area contributed by atoms with Crippen LogP contribution in [0.3, 0.4) is 0 Å². The summed E-state index contributed by atoms with van der Waals surface area (Å²) in [6.07, 6.45) is 2.58. The molecule has 0 spiro atoms. The SMILES string of the molecule is CNC[C@H]1CCN(C(=O)c2cnc(-c3ccccc3F)s2)C1. The van der Waals surface area contributed by atoms with Gasteiger partial charge < -0.3 is 10.2 Å². The Kier molecular flexibility index (Phi) is 4.49. The van der Waals surface area contributed by atoms with Crippen LogP contribution in [0.25, 0.3) is 10.6 Å². The molecule has 1 fully saturated rings. The number of amides is 1. The summed E-state index contributed by atoms with van der Waals surface area (Å²) >= 11 is 1.25. The quantitative estimate of drug-likeness (QED) is 0.942. The second kappa shape index (κ2) is 6.54. The summed E-state index contributed by atoms with van der Waals surface area (Å²) in [6.45, 7) is 2.47. The van der Waals surface area contributed by atoms with E-state index in [1.165, 1.54) is 17.4 Å². The van der Waals surface area contributed by atoms with E-state index < -0.39 is 0 Å². The first-order valence-corrected chi connectivity index (χ1v) is 8.15. The number of aromatic nitrogens is 1. The van der Waals surface area contributed by atoms with Gasteiger partial charge in [-0.05, 0) is 38.1 Å². The third-order valence-corrected chi connectivity index (χ3v) is 4.91. The molecule has 1 saturated heterocycles. The molecule has 6 heteroatoms. The van der Waals surface area contributed by atoms with Gasteiger partial charge in [0.25, 0.3) is 5.91 Å². The molecule has 0 bridgehead atoms. The second-order valence-corrected chi connectivity index (χ2v) is 6.50. The lowest BCUT2D eigenvalue weighted by Crippen LogP contribution is -2.29. The summed E-state index contributed by atoms with van der Waals surface area (Å²) in [5, 5.41) is 3.70. The number of thiazole rings is 1. The van der Waals surface area contributed by atoms with Crippen molar-refractivity contribution in [3.05, 3.63) is 41.2 Å². The van der Waals surface area contributed by atoms with Crippen molar-refractivity contribution in [2.75, 3.05) is 26.7 Å². The van der Waals surface area contributed by atoms with E-state index in [4.69, 9.17) is 0 Å². The number of carbonyl (C=O) groups is 1. The van der Waals surface area contributed by atoms with Crippen LogP contribution in [0.5, 0.6) is 0 Å². The molecule has 4 nitrogen and oxygen atoms in total. The van der Waals surface area contributed by atoms with Crippen LogP contribution in [-0.2, 0) is 0 Å². The smallest absolute Gasteiger partial charge is 0.265 e. The van der Waals surface area contributed by atoms with Crippen molar-refractivity contribution >= 4 is 17.2 Å². The van der Waals surface area contributed by atoms with Gasteiger partial charge in [-0.25, -0.2) is 9.37 Å². The van der Waals surface area contributed by atoms with Gasteiger partial charge >= 0.3 is 0 Å². The van der Waals surface area contributed by atoms with Crippen LogP contribution in [-0.4, -0.2) is 42.5 Å². The topological polar surface area (TPSA) is 45.2 Å². The number of hydrogen-bond donors (Lipinski definition) is 1. The van der Waals surface area contributed by atoms with Crippen molar-refractivity contribution in [2.24, 2.45) is 5.92 Å². The highest BCUT2D eigenvalue weighted by Crippen LogP contribution is 2.29. The Morgan fingerprint density at radius 1 is 1.50 bits per heavy atom. The van der Waals surface area contributed by atoms with Gasteiger partial charge in [0.05, 0.1) is 6.20 Å². The minimum absolute atomic E-state index is 0.00121. The standard InChI is InChI=1S/C16H18FN3OS/c1-18-8-11-6-7-20(10-11)16(21)14-9-19-15(22-14)12-4-2-3-5-13(12)17/h2-5,9,11,18H,6-8,10H2,1H3/t11-/m1/s1. The van der Waals surface area contributed by atoms with E-state index >= 15 is 0 Å². The first kappa shape index (κ1) is 15.1. The molecule has 1 aliphatic heterocycles. The van der Waals surface area contributed by atoms with E-state index in [9.17, 15) is 9.18 Å². The third kappa shape index (κ3) is 3.03. The van der Waals surface area contributed by atoms with E-state index in [-0.39, 0.29) is 11.7 Å². The van der Waals surface area contributed by atoms with Gasteiger partial charge in [-0.1, -0.05) is 12.1 Å². The fraction of sp³-hybridized carbons (Fsp3) is 0.375. The third-order valence-electron chi connectivity index (χ3n) is 3.89. The summed E-state index contributed by atoms with van der Waals surface area (Å²) in [5.41, 5.74) is 0.445. The van der Waals surface area contributed by atoms with E-state index in [2.05, 4.69) is 10.3 Å². The highest BCUT2D eigenvalue weighted by atomic mass is 32.1. The second-order valence-electron chi connectivity index (χ2n) is 5.47. The van der Waals surface area contributed by atoms with E-state index in [0.717, 1.165) is 26.1 Å². The maximum absolute atomic E-state index is 13.8. The zero-order valence-electron chi connectivity index (χ0n) is 12.4. The lowest BCUT2D eigenvalue weighted by molar-refractivity contribution is 0.0791. The molecule has 1 aromatic carbocycles. The Hall–Kier alpha value is -1.79. The predicted molar refractivity (Wildman–Crippen MR) is 85.4 cm³/mol. The van der Waals surface area contributed by atoms with Crippen LogP contribution in [0, 0.1) is 11.7 Å². The molecule has 116 valence electrons. The first-order valence-electron chi connectivity index (χ1n) is 7.33. The van der Waals surface area contributed by atoms with Crippen molar-refractivity contribution in [3.8, 4) is 10.6 Å². The lowest BCUT2D eigenvalue weighted by Gasteiger charge is -2.15. The average molecular weight is 319 g/mol. The molecule has 1 aliphatic rings. The molecular formula is C16H18FN3OS. The van der Waals surface area contributed by atoms with Crippen LogP contribution in [0.1, 0.15) is 16.1 Å². The zero-order valence-corrected chi connectivity index (χ0v) is 13.2. The predicted octanol–water partition coefficient (Wildman–Crippen LogP) is 2.63. The zero-order chi connectivity index (χ0) is 15.5. The molecule has 0 saturated carbocycles. The monoisotopic (exact) mass is 319 g/mol. The molecule has 0 radical (unpaired) electrons. The summed E-state index contributed by atoms with van der Waals surface area (Å²) in [5.74, 6) is 0.192. The van der Waals surface area contributed by atoms with Crippen LogP contribution < -0.4 is 5.32 Å². The molecule has 1 amide bonds.